The maximum absolute atomic E-state index is 5.88. The Bertz CT molecular complexity index is 731. The van der Waals surface area contributed by atoms with Crippen molar-refractivity contribution in [2.24, 2.45) is 0 Å². The van der Waals surface area contributed by atoms with E-state index < -0.39 is 0 Å². The summed E-state index contributed by atoms with van der Waals surface area (Å²) in [4.78, 5) is 11.6. The Balaban J connectivity index is 1.52. The van der Waals surface area contributed by atoms with Gasteiger partial charge < -0.3 is 19.7 Å². The molecule has 1 atom stereocenters. The van der Waals surface area contributed by atoms with Crippen molar-refractivity contribution < 1.29 is 9.47 Å². The van der Waals surface area contributed by atoms with E-state index in [-0.39, 0.29) is 6.04 Å². The molecule has 1 aromatic carbocycles. The number of para-hydroxylation sites is 1. The summed E-state index contributed by atoms with van der Waals surface area (Å²) in [5.74, 6) is 2.66. The van der Waals surface area contributed by atoms with Gasteiger partial charge in [-0.3, -0.25) is 0 Å². The highest BCUT2D eigenvalue weighted by Gasteiger charge is 2.21. The molecule has 0 spiro atoms. The zero-order chi connectivity index (χ0) is 17.1. The first-order chi connectivity index (χ1) is 12.3. The molecule has 2 aliphatic rings. The van der Waals surface area contributed by atoms with Gasteiger partial charge >= 0.3 is 0 Å². The van der Waals surface area contributed by atoms with Gasteiger partial charge in [-0.25, -0.2) is 4.98 Å². The molecular weight excluding hydrogens is 316 g/mol. The average Bonchev–Trinajstić information content (AvgIpc) is 2.68. The first kappa shape index (κ1) is 16.1. The van der Waals surface area contributed by atoms with Crippen LogP contribution in [0.5, 0.6) is 5.75 Å². The molecule has 6 heteroatoms. The Labute approximate surface area is 148 Å². The van der Waals surface area contributed by atoms with Gasteiger partial charge in [0.15, 0.2) is 0 Å². The molecule has 1 N–H and O–H groups in total. The van der Waals surface area contributed by atoms with Crippen LogP contribution < -0.4 is 15.0 Å². The normalized spacial score (nSPS) is 19.9. The molecule has 4 rings (SSSR count). The second kappa shape index (κ2) is 7.27. The maximum atomic E-state index is 5.88. The molecule has 1 fully saturated rings. The highest BCUT2D eigenvalue weighted by Crippen LogP contribution is 2.25. The van der Waals surface area contributed by atoms with Crippen LogP contribution in [0.25, 0.3) is 0 Å². The number of nitrogens with one attached hydrogen (secondary N) is 1. The number of hydrogen-bond acceptors (Lipinski definition) is 6. The van der Waals surface area contributed by atoms with E-state index in [2.05, 4.69) is 29.3 Å². The lowest BCUT2D eigenvalue weighted by Gasteiger charge is -2.29. The summed E-state index contributed by atoms with van der Waals surface area (Å²) in [6.45, 7) is 5.91. The Morgan fingerprint density at radius 1 is 1.20 bits per heavy atom. The van der Waals surface area contributed by atoms with Gasteiger partial charge in [-0.05, 0) is 24.5 Å². The number of aromatic nitrogens is 2. The van der Waals surface area contributed by atoms with E-state index in [4.69, 9.17) is 19.4 Å². The predicted molar refractivity (Wildman–Crippen MR) is 97.5 cm³/mol. The second-order valence-electron chi connectivity index (χ2n) is 6.46. The van der Waals surface area contributed by atoms with Crippen molar-refractivity contribution in [2.75, 3.05) is 43.1 Å². The van der Waals surface area contributed by atoms with Gasteiger partial charge in [-0.1, -0.05) is 25.1 Å². The molecule has 0 aliphatic carbocycles. The Hall–Kier alpha value is -2.34. The minimum atomic E-state index is 0.215. The van der Waals surface area contributed by atoms with Gasteiger partial charge in [0.25, 0.3) is 0 Å². The van der Waals surface area contributed by atoms with Crippen LogP contribution in [0, 0.1) is 0 Å². The predicted octanol–water partition coefficient (Wildman–Crippen LogP) is 2.29. The van der Waals surface area contributed by atoms with Crippen LogP contribution >= 0.6 is 0 Å². The number of hydrogen-bond donors (Lipinski definition) is 1. The summed E-state index contributed by atoms with van der Waals surface area (Å²) >= 11 is 0. The molecule has 1 aromatic heterocycles. The van der Waals surface area contributed by atoms with Crippen molar-refractivity contribution >= 4 is 11.8 Å². The van der Waals surface area contributed by atoms with Crippen molar-refractivity contribution in [3.05, 3.63) is 41.6 Å². The summed E-state index contributed by atoms with van der Waals surface area (Å²) in [6, 6.07) is 10.5. The van der Waals surface area contributed by atoms with Crippen molar-refractivity contribution in [1.82, 2.24) is 9.97 Å². The van der Waals surface area contributed by atoms with E-state index in [1.165, 1.54) is 5.56 Å². The molecule has 1 unspecified atom stereocenters. The van der Waals surface area contributed by atoms with E-state index in [1.54, 1.807) is 0 Å². The fourth-order valence-electron chi connectivity index (χ4n) is 3.27. The zero-order valence-electron chi connectivity index (χ0n) is 14.6. The monoisotopic (exact) mass is 340 g/mol. The molecule has 2 aromatic rings. The quantitative estimate of drug-likeness (QED) is 0.921. The summed E-state index contributed by atoms with van der Waals surface area (Å²) in [5, 5.41) is 3.54. The molecule has 0 radical (unpaired) electrons. The molecule has 6 nitrogen and oxygen atoms in total. The standard InChI is InChI=1S/C19H24N4O2/c1-2-15-12-18(22-19(21-15)23-7-9-24-10-8-23)20-16-11-14-5-3-4-6-17(14)25-13-16/h3-6,12,16H,2,7-11,13H2,1H3,(H,20,21,22). The smallest absolute Gasteiger partial charge is 0.227 e. The van der Waals surface area contributed by atoms with Crippen molar-refractivity contribution in [1.29, 1.82) is 0 Å². The molecular formula is C19H24N4O2. The van der Waals surface area contributed by atoms with Gasteiger partial charge in [0.2, 0.25) is 5.95 Å². The topological polar surface area (TPSA) is 59.5 Å². The van der Waals surface area contributed by atoms with Gasteiger partial charge in [0.1, 0.15) is 18.2 Å². The summed E-state index contributed by atoms with van der Waals surface area (Å²) in [7, 11) is 0. The third kappa shape index (κ3) is 3.69. The van der Waals surface area contributed by atoms with Gasteiger partial charge in [0, 0.05) is 24.8 Å². The Morgan fingerprint density at radius 3 is 2.88 bits per heavy atom. The lowest BCUT2D eigenvalue weighted by atomic mass is 10.0. The van der Waals surface area contributed by atoms with E-state index in [0.717, 1.165) is 62.4 Å². The van der Waals surface area contributed by atoms with E-state index in [0.29, 0.717) is 6.61 Å². The number of fused-ring (bicyclic) bond motifs is 1. The number of rotatable bonds is 4. The van der Waals surface area contributed by atoms with E-state index >= 15 is 0 Å². The van der Waals surface area contributed by atoms with Crippen LogP contribution in [0.1, 0.15) is 18.2 Å². The zero-order valence-corrected chi connectivity index (χ0v) is 14.6. The van der Waals surface area contributed by atoms with E-state index in [1.807, 2.05) is 18.2 Å². The van der Waals surface area contributed by atoms with Crippen LogP contribution in [0.3, 0.4) is 0 Å². The third-order valence-electron chi connectivity index (χ3n) is 4.65. The number of nitrogens with zero attached hydrogens (tertiary/aromatic N) is 3. The highest BCUT2D eigenvalue weighted by atomic mass is 16.5. The van der Waals surface area contributed by atoms with Gasteiger partial charge in [-0.15, -0.1) is 0 Å². The van der Waals surface area contributed by atoms with Crippen LogP contribution in [0.2, 0.25) is 0 Å². The number of anilines is 2. The molecule has 2 aliphatic heterocycles. The summed E-state index contributed by atoms with van der Waals surface area (Å²) in [6.07, 6.45) is 1.83. The molecule has 25 heavy (non-hydrogen) atoms. The Morgan fingerprint density at radius 2 is 2.04 bits per heavy atom. The maximum Gasteiger partial charge on any atom is 0.227 e. The van der Waals surface area contributed by atoms with Crippen molar-refractivity contribution in [2.45, 2.75) is 25.8 Å². The number of morpholine rings is 1. The van der Waals surface area contributed by atoms with Gasteiger partial charge in [-0.2, -0.15) is 4.98 Å². The summed E-state index contributed by atoms with van der Waals surface area (Å²) < 4.78 is 11.3. The molecule has 0 bridgehead atoms. The lowest BCUT2D eigenvalue weighted by molar-refractivity contribution is 0.122. The Kier molecular flexibility index (Phi) is 4.70. The van der Waals surface area contributed by atoms with Gasteiger partial charge in [0.05, 0.1) is 19.3 Å². The minimum Gasteiger partial charge on any atom is -0.491 e. The lowest BCUT2D eigenvalue weighted by Crippen LogP contribution is -2.38. The van der Waals surface area contributed by atoms with Crippen LogP contribution in [-0.2, 0) is 17.6 Å². The molecule has 3 heterocycles. The molecule has 0 amide bonds. The van der Waals surface area contributed by atoms with Crippen molar-refractivity contribution in [3.63, 3.8) is 0 Å². The SMILES string of the molecule is CCc1cc(NC2COc3ccccc3C2)nc(N2CCOCC2)n1. The van der Waals surface area contributed by atoms with Crippen LogP contribution in [0.15, 0.2) is 30.3 Å². The second-order valence-corrected chi connectivity index (χ2v) is 6.46. The first-order valence-corrected chi connectivity index (χ1v) is 8.99. The molecule has 1 saturated heterocycles. The highest BCUT2D eigenvalue weighted by molar-refractivity contribution is 5.46. The van der Waals surface area contributed by atoms with Crippen LogP contribution in [-0.4, -0.2) is 48.9 Å². The fraction of sp³-hybridized carbons (Fsp3) is 0.474. The van der Waals surface area contributed by atoms with E-state index in [9.17, 15) is 0 Å². The van der Waals surface area contributed by atoms with Crippen molar-refractivity contribution in [3.8, 4) is 5.75 Å². The average molecular weight is 340 g/mol. The third-order valence-corrected chi connectivity index (χ3v) is 4.65. The first-order valence-electron chi connectivity index (χ1n) is 8.99. The summed E-state index contributed by atoms with van der Waals surface area (Å²) in [5.41, 5.74) is 2.29. The molecule has 132 valence electrons. The number of ether oxygens (including phenoxy) is 2. The number of benzene rings is 1. The molecule has 0 saturated carbocycles. The number of aryl methyl sites for hydroxylation is 1. The minimum absolute atomic E-state index is 0.215. The largest absolute Gasteiger partial charge is 0.491 e. The van der Waals surface area contributed by atoms with Crippen LogP contribution in [0.4, 0.5) is 11.8 Å². The fourth-order valence-corrected chi connectivity index (χ4v) is 3.27.